The van der Waals surface area contributed by atoms with E-state index in [9.17, 15) is 10.4 Å². The van der Waals surface area contributed by atoms with Gasteiger partial charge < -0.3 is 19.5 Å². The summed E-state index contributed by atoms with van der Waals surface area (Å²) in [5, 5.41) is 24.1. The van der Waals surface area contributed by atoms with E-state index in [2.05, 4.69) is 38.1 Å². The van der Waals surface area contributed by atoms with Crippen molar-refractivity contribution in [3.05, 3.63) is 66.2 Å². The van der Waals surface area contributed by atoms with Gasteiger partial charge >= 0.3 is 0 Å². The van der Waals surface area contributed by atoms with Crippen molar-refractivity contribution in [1.29, 1.82) is 5.26 Å². The van der Waals surface area contributed by atoms with E-state index >= 15 is 0 Å². The fraction of sp³-hybridized carbons (Fsp3) is 0.379. The Balaban J connectivity index is 1.20. The zero-order chi connectivity index (χ0) is 27.1. The lowest BCUT2D eigenvalue weighted by Crippen LogP contribution is -2.69. The minimum atomic E-state index is -0.976. The van der Waals surface area contributed by atoms with Crippen LogP contribution >= 0.6 is 0 Å². The highest BCUT2D eigenvalue weighted by Gasteiger charge is 2.45. The van der Waals surface area contributed by atoms with Crippen LogP contribution < -0.4 is 14.4 Å². The number of anilines is 1. The number of piperazine rings is 1. The predicted octanol–water partition coefficient (Wildman–Crippen LogP) is 3.28. The number of nitrogens with zero attached hydrogens (tertiary/aromatic N) is 7. The summed E-state index contributed by atoms with van der Waals surface area (Å²) in [4.78, 5) is 14.1. The monoisotopic (exact) mass is 525 g/mol. The maximum absolute atomic E-state index is 10.1. The number of pyridine rings is 3. The summed E-state index contributed by atoms with van der Waals surface area (Å²) in [6.45, 7) is 6.35. The Hall–Kier alpha value is -4.20. The molecule has 7 rings (SSSR count). The van der Waals surface area contributed by atoms with Gasteiger partial charge in [0.2, 0.25) is 5.88 Å². The van der Waals surface area contributed by atoms with Crippen molar-refractivity contribution in [1.82, 2.24) is 24.5 Å². The van der Waals surface area contributed by atoms with Gasteiger partial charge in [-0.05, 0) is 44.0 Å². The van der Waals surface area contributed by atoms with E-state index in [1.54, 1.807) is 37.9 Å². The molecule has 4 aromatic heterocycles. The van der Waals surface area contributed by atoms with Crippen molar-refractivity contribution in [2.45, 2.75) is 44.5 Å². The minimum Gasteiger partial charge on any atom is -0.489 e. The second-order valence-corrected chi connectivity index (χ2v) is 10.9. The molecule has 3 aliphatic heterocycles. The summed E-state index contributed by atoms with van der Waals surface area (Å²) in [5.41, 5.74) is 3.06. The lowest BCUT2D eigenvalue weighted by atomic mass is 9.87. The molecular formula is C29H31N7O3. The molecule has 10 heteroatoms. The number of nitriles is 1. The second kappa shape index (κ2) is 9.84. The van der Waals surface area contributed by atoms with Gasteiger partial charge in [-0.25, -0.2) is 14.5 Å². The lowest BCUT2D eigenvalue weighted by Gasteiger charge is -2.57. The molecule has 3 fully saturated rings. The molecule has 0 amide bonds. The van der Waals surface area contributed by atoms with E-state index in [4.69, 9.17) is 14.5 Å². The third kappa shape index (κ3) is 4.99. The van der Waals surface area contributed by atoms with Crippen molar-refractivity contribution >= 4 is 11.3 Å². The van der Waals surface area contributed by atoms with E-state index in [1.165, 1.54) is 12.0 Å². The topological polar surface area (TPSA) is 112 Å². The lowest BCUT2D eigenvalue weighted by molar-refractivity contribution is 0.0283. The fourth-order valence-electron chi connectivity index (χ4n) is 5.52. The average Bonchev–Trinajstić information content (AvgIpc) is 3.35. The molecule has 3 aliphatic rings. The molecule has 0 unspecified atom stereocenters. The number of aromatic nitrogens is 4. The normalized spacial score (nSPS) is 19.0. The molecule has 4 aromatic rings. The first-order valence-corrected chi connectivity index (χ1v) is 13.0. The number of hydrogen-bond donors (Lipinski definition) is 1. The molecule has 0 spiro atoms. The Labute approximate surface area is 227 Å². The highest BCUT2D eigenvalue weighted by atomic mass is 16.5. The largest absolute Gasteiger partial charge is 0.489 e. The second-order valence-electron chi connectivity index (χ2n) is 10.9. The standard InChI is InChI=1S/C29H31N7O3/c1-29(2,37)18-39-24-9-25(28-21(10-30)13-33-35(28)17-24)20-5-6-26(31-12-20)36-22-8-23(36)16-34(15-22)14-19-4-7-27(38-3)32-11-19/h4-7,9,11-13,17,22-23,37H,8,14-16,18H2,1-3H3/t22-,23+. The molecule has 10 nitrogen and oxygen atoms in total. The van der Waals surface area contributed by atoms with Crippen LogP contribution in [0.15, 0.2) is 55.1 Å². The number of fused-ring (bicyclic) bond motifs is 3. The number of hydrogen-bond acceptors (Lipinski definition) is 9. The smallest absolute Gasteiger partial charge is 0.212 e. The van der Waals surface area contributed by atoms with E-state index in [1.807, 2.05) is 30.6 Å². The Morgan fingerprint density at radius 3 is 2.56 bits per heavy atom. The van der Waals surface area contributed by atoms with Gasteiger partial charge in [-0.1, -0.05) is 6.07 Å². The third-order valence-corrected chi connectivity index (χ3v) is 7.30. The maximum atomic E-state index is 10.1. The predicted molar refractivity (Wildman–Crippen MR) is 146 cm³/mol. The van der Waals surface area contributed by atoms with Crippen LogP contribution in [-0.4, -0.2) is 74.1 Å². The van der Waals surface area contributed by atoms with Gasteiger partial charge in [0.1, 0.15) is 24.2 Å². The van der Waals surface area contributed by atoms with Crippen molar-refractivity contribution in [3.63, 3.8) is 0 Å². The molecule has 1 N–H and O–H groups in total. The molecule has 0 radical (unpaired) electrons. The quantitative estimate of drug-likeness (QED) is 0.370. The summed E-state index contributed by atoms with van der Waals surface area (Å²) >= 11 is 0. The van der Waals surface area contributed by atoms with Crippen LogP contribution in [-0.2, 0) is 6.54 Å². The van der Waals surface area contributed by atoms with Gasteiger partial charge in [0.05, 0.1) is 36.2 Å². The van der Waals surface area contributed by atoms with Crippen LogP contribution in [0.25, 0.3) is 16.6 Å². The zero-order valence-electron chi connectivity index (χ0n) is 22.3. The summed E-state index contributed by atoms with van der Waals surface area (Å²) < 4.78 is 12.7. The van der Waals surface area contributed by atoms with Crippen molar-refractivity contribution < 1.29 is 14.6 Å². The Bertz CT molecular complexity index is 1510. The highest BCUT2D eigenvalue weighted by molar-refractivity contribution is 5.85. The van der Waals surface area contributed by atoms with Gasteiger partial charge in [-0.3, -0.25) is 4.90 Å². The van der Waals surface area contributed by atoms with E-state index < -0.39 is 5.60 Å². The first kappa shape index (κ1) is 25.1. The van der Waals surface area contributed by atoms with Crippen LogP contribution in [0.1, 0.15) is 31.4 Å². The summed E-state index contributed by atoms with van der Waals surface area (Å²) in [5.74, 6) is 2.15. The van der Waals surface area contributed by atoms with Crippen molar-refractivity contribution in [2.75, 3.05) is 31.7 Å². The van der Waals surface area contributed by atoms with E-state index in [0.29, 0.717) is 34.8 Å². The molecule has 2 atom stereocenters. The third-order valence-electron chi connectivity index (χ3n) is 7.30. The number of methoxy groups -OCH3 is 1. The Morgan fingerprint density at radius 1 is 1.10 bits per heavy atom. The van der Waals surface area contributed by atoms with Gasteiger partial charge in [-0.2, -0.15) is 10.4 Å². The fourth-order valence-corrected chi connectivity index (χ4v) is 5.52. The van der Waals surface area contributed by atoms with Crippen molar-refractivity contribution in [3.8, 4) is 28.8 Å². The molecule has 0 saturated carbocycles. The Morgan fingerprint density at radius 2 is 1.92 bits per heavy atom. The minimum absolute atomic E-state index is 0.130. The molecule has 2 bridgehead atoms. The number of rotatable bonds is 8. The highest BCUT2D eigenvalue weighted by Crippen LogP contribution is 2.38. The SMILES string of the molecule is COc1ccc(CN2C[C@H]3C[C@@H](C2)N3c2ccc(-c3cc(OCC(C)(C)O)cn4ncc(C#N)c34)cn2)cn1. The summed E-state index contributed by atoms with van der Waals surface area (Å²) in [6, 6.07) is 13.0. The van der Waals surface area contributed by atoms with Gasteiger partial charge in [-0.15, -0.1) is 0 Å². The van der Waals surface area contributed by atoms with Crippen LogP contribution in [0, 0.1) is 11.3 Å². The first-order valence-electron chi connectivity index (χ1n) is 13.0. The molecule has 39 heavy (non-hydrogen) atoms. The van der Waals surface area contributed by atoms with Crippen LogP contribution in [0.3, 0.4) is 0 Å². The number of piperidine rings is 1. The molecule has 200 valence electrons. The zero-order valence-corrected chi connectivity index (χ0v) is 22.3. The van der Waals surface area contributed by atoms with Gasteiger partial charge in [0.15, 0.2) is 0 Å². The first-order chi connectivity index (χ1) is 18.8. The number of ether oxygens (including phenoxy) is 2. The van der Waals surface area contributed by atoms with E-state index in [0.717, 1.165) is 36.6 Å². The van der Waals surface area contributed by atoms with Crippen LogP contribution in [0.2, 0.25) is 0 Å². The molecule has 7 heterocycles. The molecular weight excluding hydrogens is 494 g/mol. The van der Waals surface area contributed by atoms with Gasteiger partial charge in [0.25, 0.3) is 0 Å². The average molecular weight is 526 g/mol. The molecule has 0 aromatic carbocycles. The summed E-state index contributed by atoms with van der Waals surface area (Å²) in [6.07, 6.45) is 8.19. The molecule has 0 aliphatic carbocycles. The van der Waals surface area contributed by atoms with Crippen LogP contribution in [0.5, 0.6) is 11.6 Å². The Kier molecular flexibility index (Phi) is 6.33. The van der Waals surface area contributed by atoms with Crippen molar-refractivity contribution in [2.24, 2.45) is 0 Å². The molecule has 3 saturated heterocycles. The maximum Gasteiger partial charge on any atom is 0.212 e. The van der Waals surface area contributed by atoms with Gasteiger partial charge in [0, 0.05) is 61.3 Å². The number of aliphatic hydroxyl groups is 1. The van der Waals surface area contributed by atoms with Crippen LogP contribution in [0.4, 0.5) is 5.82 Å². The summed E-state index contributed by atoms with van der Waals surface area (Å²) in [7, 11) is 1.63. The van der Waals surface area contributed by atoms with E-state index in [-0.39, 0.29) is 6.61 Å².